The lowest BCUT2D eigenvalue weighted by Crippen LogP contribution is -2.18. The lowest BCUT2D eigenvalue weighted by Gasteiger charge is -2.06. The molecule has 0 bridgehead atoms. The van der Waals surface area contributed by atoms with E-state index in [4.69, 9.17) is 0 Å². The molecule has 1 rings (SSSR count). The number of rotatable bonds is 3. The summed E-state index contributed by atoms with van der Waals surface area (Å²) in [5.41, 5.74) is 5.18. The van der Waals surface area contributed by atoms with Crippen LogP contribution >= 0.6 is 0 Å². The van der Waals surface area contributed by atoms with Gasteiger partial charge in [0.15, 0.2) is 0 Å². The van der Waals surface area contributed by atoms with Gasteiger partial charge in [-0.05, 0) is 37.5 Å². The Labute approximate surface area is 96.6 Å². The second-order valence-corrected chi connectivity index (χ2v) is 4.28. The van der Waals surface area contributed by atoms with Crippen LogP contribution in [-0.4, -0.2) is 11.6 Å². The average molecular weight is 218 g/mol. The number of hydrogen-bond acceptors (Lipinski definition) is 2. The van der Waals surface area contributed by atoms with Crippen molar-refractivity contribution < 1.29 is 4.79 Å². The first kappa shape index (κ1) is 12.4. The van der Waals surface area contributed by atoms with Gasteiger partial charge >= 0.3 is 0 Å². The molecule has 86 valence electrons. The van der Waals surface area contributed by atoms with E-state index in [1.54, 1.807) is 0 Å². The van der Waals surface area contributed by atoms with E-state index in [1.165, 1.54) is 5.56 Å². The number of nitrogens with zero attached hydrogens (tertiary/aromatic N) is 1. The van der Waals surface area contributed by atoms with Gasteiger partial charge in [-0.3, -0.25) is 4.79 Å². The SMILES string of the molecule is CC(C)=NNC(=O)c1ccc(C(C)C)cc1. The van der Waals surface area contributed by atoms with Gasteiger partial charge in [0.1, 0.15) is 0 Å². The first-order valence-electron chi connectivity index (χ1n) is 5.42. The minimum atomic E-state index is -0.170. The van der Waals surface area contributed by atoms with Crippen molar-refractivity contribution in [2.24, 2.45) is 5.10 Å². The lowest BCUT2D eigenvalue weighted by molar-refractivity contribution is 0.0954. The highest BCUT2D eigenvalue weighted by molar-refractivity contribution is 5.95. The van der Waals surface area contributed by atoms with Crippen LogP contribution in [0.1, 0.15) is 49.5 Å². The van der Waals surface area contributed by atoms with E-state index in [9.17, 15) is 4.79 Å². The smallest absolute Gasteiger partial charge is 0.267 e. The van der Waals surface area contributed by atoms with Crippen molar-refractivity contribution in [1.82, 2.24) is 5.43 Å². The molecule has 3 heteroatoms. The molecule has 16 heavy (non-hydrogen) atoms. The van der Waals surface area contributed by atoms with Crippen molar-refractivity contribution in [2.45, 2.75) is 33.6 Å². The summed E-state index contributed by atoms with van der Waals surface area (Å²) in [6, 6.07) is 7.60. The number of nitrogens with one attached hydrogen (secondary N) is 1. The third-order valence-electron chi connectivity index (χ3n) is 2.22. The molecule has 0 aliphatic heterocycles. The van der Waals surface area contributed by atoms with Crippen LogP contribution in [0.25, 0.3) is 0 Å². The van der Waals surface area contributed by atoms with Crippen LogP contribution in [0.5, 0.6) is 0 Å². The molecule has 0 unspecified atom stereocenters. The third kappa shape index (κ3) is 3.50. The van der Waals surface area contributed by atoms with Crippen LogP contribution < -0.4 is 5.43 Å². The van der Waals surface area contributed by atoms with Gasteiger partial charge in [-0.15, -0.1) is 0 Å². The molecule has 0 saturated heterocycles. The lowest BCUT2D eigenvalue weighted by atomic mass is 10.0. The van der Waals surface area contributed by atoms with Crippen LogP contribution in [0.2, 0.25) is 0 Å². The summed E-state index contributed by atoms with van der Waals surface area (Å²) >= 11 is 0. The zero-order chi connectivity index (χ0) is 12.1. The number of carbonyl (C=O) groups is 1. The van der Waals surface area contributed by atoms with Gasteiger partial charge in [0.05, 0.1) is 0 Å². The van der Waals surface area contributed by atoms with Crippen LogP contribution in [0.15, 0.2) is 29.4 Å². The number of carbonyl (C=O) groups excluding carboxylic acids is 1. The molecule has 0 saturated carbocycles. The molecular weight excluding hydrogens is 200 g/mol. The Balaban J connectivity index is 2.74. The molecule has 0 fully saturated rings. The molecule has 0 aliphatic carbocycles. The largest absolute Gasteiger partial charge is 0.271 e. The summed E-state index contributed by atoms with van der Waals surface area (Å²) in [5.74, 6) is 0.310. The van der Waals surface area contributed by atoms with E-state index in [0.29, 0.717) is 11.5 Å². The Morgan fingerprint density at radius 1 is 1.19 bits per heavy atom. The zero-order valence-corrected chi connectivity index (χ0v) is 10.2. The average Bonchev–Trinajstić information content (AvgIpc) is 2.26. The summed E-state index contributed by atoms with van der Waals surface area (Å²) in [4.78, 5) is 11.6. The molecule has 1 N–H and O–H groups in total. The Bertz CT molecular complexity index is 387. The van der Waals surface area contributed by atoms with Gasteiger partial charge in [0.25, 0.3) is 5.91 Å². The second-order valence-electron chi connectivity index (χ2n) is 4.28. The fourth-order valence-corrected chi connectivity index (χ4v) is 1.25. The highest BCUT2D eigenvalue weighted by Crippen LogP contribution is 2.14. The molecular formula is C13H18N2O. The van der Waals surface area contributed by atoms with E-state index < -0.39 is 0 Å². The fraction of sp³-hybridized carbons (Fsp3) is 0.385. The Hall–Kier alpha value is -1.64. The molecule has 1 aromatic carbocycles. The van der Waals surface area contributed by atoms with E-state index in [2.05, 4.69) is 24.4 Å². The van der Waals surface area contributed by atoms with E-state index in [0.717, 1.165) is 5.71 Å². The fourth-order valence-electron chi connectivity index (χ4n) is 1.25. The first-order valence-corrected chi connectivity index (χ1v) is 5.42. The predicted molar refractivity (Wildman–Crippen MR) is 66.8 cm³/mol. The number of hydrogen-bond donors (Lipinski definition) is 1. The zero-order valence-electron chi connectivity index (χ0n) is 10.2. The third-order valence-corrected chi connectivity index (χ3v) is 2.22. The normalized spacial score (nSPS) is 10.1. The summed E-state index contributed by atoms with van der Waals surface area (Å²) in [7, 11) is 0. The van der Waals surface area contributed by atoms with Crippen molar-refractivity contribution in [3.05, 3.63) is 35.4 Å². The van der Waals surface area contributed by atoms with Crippen molar-refractivity contribution >= 4 is 11.6 Å². The van der Waals surface area contributed by atoms with Gasteiger partial charge in [0, 0.05) is 11.3 Å². The molecule has 0 aliphatic rings. The maximum Gasteiger partial charge on any atom is 0.271 e. The molecule has 1 amide bonds. The summed E-state index contributed by atoms with van der Waals surface area (Å²) in [5, 5.41) is 3.88. The van der Waals surface area contributed by atoms with Crippen LogP contribution in [-0.2, 0) is 0 Å². The molecule has 0 spiro atoms. The number of amides is 1. The Kier molecular flexibility index (Phi) is 4.23. The molecule has 3 nitrogen and oxygen atoms in total. The van der Waals surface area contributed by atoms with Crippen LogP contribution in [0.3, 0.4) is 0 Å². The Morgan fingerprint density at radius 3 is 2.19 bits per heavy atom. The van der Waals surface area contributed by atoms with E-state index >= 15 is 0 Å². The van der Waals surface area contributed by atoms with Gasteiger partial charge < -0.3 is 0 Å². The predicted octanol–water partition coefficient (Wildman–Crippen LogP) is 2.94. The van der Waals surface area contributed by atoms with Gasteiger partial charge in [-0.2, -0.15) is 5.10 Å². The van der Waals surface area contributed by atoms with Gasteiger partial charge in [-0.25, -0.2) is 5.43 Å². The number of benzene rings is 1. The second kappa shape index (κ2) is 5.45. The molecule has 0 aromatic heterocycles. The standard InChI is InChI=1S/C13H18N2O/c1-9(2)11-5-7-12(8-6-11)13(16)15-14-10(3)4/h5-9H,1-4H3,(H,15,16). The maximum absolute atomic E-state index is 11.6. The van der Waals surface area contributed by atoms with E-state index in [1.807, 2.05) is 38.1 Å². The molecule has 0 atom stereocenters. The highest BCUT2D eigenvalue weighted by Gasteiger charge is 2.05. The minimum Gasteiger partial charge on any atom is -0.267 e. The van der Waals surface area contributed by atoms with Crippen LogP contribution in [0.4, 0.5) is 0 Å². The van der Waals surface area contributed by atoms with Gasteiger partial charge in [-0.1, -0.05) is 26.0 Å². The maximum atomic E-state index is 11.6. The summed E-state index contributed by atoms with van der Waals surface area (Å²) < 4.78 is 0. The molecule has 0 radical (unpaired) electrons. The Morgan fingerprint density at radius 2 is 1.75 bits per heavy atom. The van der Waals surface area contributed by atoms with Crippen molar-refractivity contribution in [3.63, 3.8) is 0 Å². The van der Waals surface area contributed by atoms with E-state index in [-0.39, 0.29) is 5.91 Å². The topological polar surface area (TPSA) is 41.5 Å². The summed E-state index contributed by atoms with van der Waals surface area (Å²) in [6.45, 7) is 7.92. The quantitative estimate of drug-likeness (QED) is 0.615. The van der Waals surface area contributed by atoms with Gasteiger partial charge in [0.2, 0.25) is 0 Å². The monoisotopic (exact) mass is 218 g/mol. The van der Waals surface area contributed by atoms with Crippen molar-refractivity contribution in [3.8, 4) is 0 Å². The summed E-state index contributed by atoms with van der Waals surface area (Å²) in [6.07, 6.45) is 0. The first-order chi connectivity index (χ1) is 7.50. The molecule has 1 aromatic rings. The van der Waals surface area contributed by atoms with Crippen molar-refractivity contribution in [1.29, 1.82) is 0 Å². The minimum absolute atomic E-state index is 0.170. The van der Waals surface area contributed by atoms with Crippen molar-refractivity contribution in [2.75, 3.05) is 0 Å². The molecule has 0 heterocycles. The number of hydrazone groups is 1. The highest BCUT2D eigenvalue weighted by atomic mass is 16.2. The van der Waals surface area contributed by atoms with Crippen LogP contribution in [0, 0.1) is 0 Å².